The number of nitrogens with zero attached hydrogens (tertiary/aromatic N) is 2. The second-order valence-corrected chi connectivity index (χ2v) is 5.43. The number of rotatable bonds is 3. The molecule has 0 atom stereocenters. The number of amides is 1. The van der Waals surface area contributed by atoms with Crippen molar-refractivity contribution in [1.29, 1.82) is 0 Å². The molecule has 0 spiro atoms. The van der Waals surface area contributed by atoms with E-state index in [1.54, 1.807) is 0 Å². The van der Waals surface area contributed by atoms with Gasteiger partial charge in [-0.05, 0) is 32.6 Å². The minimum atomic E-state index is 0.140. The van der Waals surface area contributed by atoms with Crippen LogP contribution >= 0.6 is 0 Å². The summed E-state index contributed by atoms with van der Waals surface area (Å²) in [6.07, 6.45) is 6.97. The first-order chi connectivity index (χ1) is 8.58. The van der Waals surface area contributed by atoms with Crippen LogP contribution in [0.3, 0.4) is 0 Å². The number of nitrogens with one attached hydrogen (secondary N) is 1. The number of carbonyl (C=O) groups excluding carboxylic acids is 1. The van der Waals surface area contributed by atoms with Gasteiger partial charge in [-0.1, -0.05) is 19.3 Å². The zero-order valence-corrected chi connectivity index (χ0v) is 11.6. The van der Waals surface area contributed by atoms with Crippen molar-refractivity contribution in [3.63, 3.8) is 0 Å². The first-order valence-corrected chi connectivity index (χ1v) is 6.88. The van der Waals surface area contributed by atoms with Gasteiger partial charge in [0.1, 0.15) is 0 Å². The van der Waals surface area contributed by atoms with Gasteiger partial charge in [-0.15, -0.1) is 0 Å². The molecule has 0 aliphatic heterocycles. The smallest absolute Gasteiger partial charge is 0.224 e. The highest BCUT2D eigenvalue weighted by molar-refractivity contribution is 5.92. The van der Waals surface area contributed by atoms with Gasteiger partial charge in [0.25, 0.3) is 0 Å². The van der Waals surface area contributed by atoms with E-state index in [9.17, 15) is 4.79 Å². The Morgan fingerprint density at radius 2 is 2.00 bits per heavy atom. The van der Waals surface area contributed by atoms with Crippen LogP contribution < -0.4 is 5.32 Å². The molecule has 1 saturated carbocycles. The zero-order valence-electron chi connectivity index (χ0n) is 11.6. The van der Waals surface area contributed by atoms with E-state index in [-0.39, 0.29) is 5.91 Å². The molecule has 0 bridgehead atoms. The minimum absolute atomic E-state index is 0.140. The van der Waals surface area contributed by atoms with Gasteiger partial charge < -0.3 is 5.32 Å². The van der Waals surface area contributed by atoms with Crippen molar-refractivity contribution in [3.05, 3.63) is 11.4 Å². The molecule has 1 aliphatic carbocycles. The summed E-state index contributed by atoms with van der Waals surface area (Å²) in [5.74, 6) is 0.720. The second kappa shape index (κ2) is 5.55. The number of hydrogen-bond acceptors (Lipinski definition) is 2. The lowest BCUT2D eigenvalue weighted by Crippen LogP contribution is -2.19. The fourth-order valence-corrected chi connectivity index (χ4v) is 2.80. The van der Waals surface area contributed by atoms with E-state index in [0.29, 0.717) is 12.3 Å². The predicted octanol–water partition coefficient (Wildman–Crippen LogP) is 2.95. The first kappa shape index (κ1) is 13.1. The molecule has 0 radical (unpaired) electrons. The second-order valence-electron chi connectivity index (χ2n) is 5.43. The lowest BCUT2D eigenvalue weighted by Gasteiger charge is -2.20. The number of hydrogen-bond donors (Lipinski definition) is 1. The lowest BCUT2D eigenvalue weighted by molar-refractivity contribution is -0.117. The van der Waals surface area contributed by atoms with Crippen LogP contribution in [0.2, 0.25) is 0 Å². The maximum atomic E-state index is 12.0. The molecule has 4 heteroatoms. The van der Waals surface area contributed by atoms with Crippen LogP contribution in [-0.2, 0) is 11.8 Å². The van der Waals surface area contributed by atoms with Crippen LogP contribution in [0.25, 0.3) is 0 Å². The maximum Gasteiger partial charge on any atom is 0.224 e. The van der Waals surface area contributed by atoms with Crippen molar-refractivity contribution < 1.29 is 4.79 Å². The Morgan fingerprint density at radius 3 is 2.56 bits per heavy atom. The Morgan fingerprint density at radius 1 is 1.33 bits per heavy atom. The fourth-order valence-electron chi connectivity index (χ4n) is 2.80. The zero-order chi connectivity index (χ0) is 13.1. The van der Waals surface area contributed by atoms with E-state index >= 15 is 0 Å². The van der Waals surface area contributed by atoms with Crippen molar-refractivity contribution in [2.75, 3.05) is 5.32 Å². The Labute approximate surface area is 109 Å². The third-order valence-corrected chi connectivity index (χ3v) is 3.97. The van der Waals surface area contributed by atoms with Gasteiger partial charge in [-0.2, -0.15) is 5.10 Å². The molecular weight excluding hydrogens is 226 g/mol. The van der Waals surface area contributed by atoms with E-state index in [1.165, 1.54) is 32.1 Å². The number of anilines is 1. The van der Waals surface area contributed by atoms with E-state index in [4.69, 9.17) is 0 Å². The van der Waals surface area contributed by atoms with Crippen LogP contribution in [0, 0.1) is 19.8 Å². The monoisotopic (exact) mass is 249 g/mol. The molecule has 1 aromatic heterocycles. The summed E-state index contributed by atoms with van der Waals surface area (Å²) in [6, 6.07) is 0. The average Bonchev–Trinajstić information content (AvgIpc) is 2.57. The SMILES string of the molecule is Cc1nn(C)c(C)c1NC(=O)CC1CCCCC1. The molecule has 2 rings (SSSR count). The van der Waals surface area contributed by atoms with Crippen molar-refractivity contribution >= 4 is 11.6 Å². The summed E-state index contributed by atoms with van der Waals surface area (Å²) in [5, 5.41) is 7.34. The van der Waals surface area contributed by atoms with Gasteiger partial charge in [0, 0.05) is 13.5 Å². The highest BCUT2D eigenvalue weighted by Gasteiger charge is 2.18. The van der Waals surface area contributed by atoms with Crippen molar-refractivity contribution in [1.82, 2.24) is 9.78 Å². The topological polar surface area (TPSA) is 46.9 Å². The van der Waals surface area contributed by atoms with Crippen LogP contribution in [0.15, 0.2) is 0 Å². The summed E-state index contributed by atoms with van der Waals surface area (Å²) in [4.78, 5) is 12.0. The average molecular weight is 249 g/mol. The molecule has 18 heavy (non-hydrogen) atoms. The number of carbonyl (C=O) groups is 1. The van der Waals surface area contributed by atoms with Gasteiger partial charge in [-0.25, -0.2) is 0 Å². The van der Waals surface area contributed by atoms with Gasteiger partial charge >= 0.3 is 0 Å². The van der Waals surface area contributed by atoms with Gasteiger partial charge in [0.2, 0.25) is 5.91 Å². The van der Waals surface area contributed by atoms with Crippen LogP contribution in [0.1, 0.15) is 49.9 Å². The number of aryl methyl sites for hydroxylation is 2. The molecule has 0 unspecified atom stereocenters. The molecule has 100 valence electrons. The summed E-state index contributed by atoms with van der Waals surface area (Å²) in [5.41, 5.74) is 2.80. The molecule has 0 saturated heterocycles. The minimum Gasteiger partial charge on any atom is -0.323 e. The van der Waals surface area contributed by atoms with E-state index < -0.39 is 0 Å². The highest BCUT2D eigenvalue weighted by Crippen LogP contribution is 2.27. The number of aromatic nitrogens is 2. The third kappa shape index (κ3) is 2.92. The van der Waals surface area contributed by atoms with Crippen LogP contribution in [0.5, 0.6) is 0 Å². The molecule has 1 heterocycles. The van der Waals surface area contributed by atoms with Gasteiger partial charge in [0.05, 0.1) is 17.1 Å². The Bertz CT molecular complexity index is 430. The largest absolute Gasteiger partial charge is 0.323 e. The third-order valence-electron chi connectivity index (χ3n) is 3.97. The van der Waals surface area contributed by atoms with E-state index in [1.807, 2.05) is 25.6 Å². The summed E-state index contributed by atoms with van der Waals surface area (Å²) < 4.78 is 1.81. The van der Waals surface area contributed by atoms with Crippen LogP contribution in [0.4, 0.5) is 5.69 Å². The summed E-state index contributed by atoms with van der Waals surface area (Å²) >= 11 is 0. The quantitative estimate of drug-likeness (QED) is 0.895. The standard InChI is InChI=1S/C14H23N3O/c1-10-14(11(2)17(3)16-10)15-13(18)9-12-7-5-4-6-8-12/h12H,4-9H2,1-3H3,(H,15,18). The Hall–Kier alpha value is -1.32. The van der Waals surface area contributed by atoms with Crippen molar-refractivity contribution in [3.8, 4) is 0 Å². The molecule has 0 aromatic carbocycles. The summed E-state index contributed by atoms with van der Waals surface area (Å²) in [6.45, 7) is 3.92. The Kier molecular flexibility index (Phi) is 4.04. The Balaban J connectivity index is 1.94. The lowest BCUT2D eigenvalue weighted by atomic mass is 9.87. The molecule has 1 N–H and O–H groups in total. The molecular formula is C14H23N3O. The molecule has 1 aromatic rings. The van der Waals surface area contributed by atoms with Gasteiger partial charge in [0.15, 0.2) is 0 Å². The van der Waals surface area contributed by atoms with E-state index in [2.05, 4.69) is 10.4 Å². The summed E-state index contributed by atoms with van der Waals surface area (Å²) in [7, 11) is 1.90. The molecule has 4 nitrogen and oxygen atoms in total. The van der Waals surface area contributed by atoms with Crippen molar-refractivity contribution in [2.45, 2.75) is 52.4 Å². The first-order valence-electron chi connectivity index (χ1n) is 6.88. The maximum absolute atomic E-state index is 12.0. The molecule has 1 aliphatic rings. The predicted molar refractivity (Wildman–Crippen MR) is 72.5 cm³/mol. The fraction of sp³-hybridized carbons (Fsp3) is 0.714. The van der Waals surface area contributed by atoms with Gasteiger partial charge in [-0.3, -0.25) is 9.48 Å². The van der Waals surface area contributed by atoms with E-state index in [0.717, 1.165) is 17.1 Å². The normalized spacial score (nSPS) is 16.8. The molecule has 1 amide bonds. The van der Waals surface area contributed by atoms with Crippen molar-refractivity contribution in [2.24, 2.45) is 13.0 Å². The van der Waals surface area contributed by atoms with Crippen LogP contribution in [-0.4, -0.2) is 15.7 Å². The highest BCUT2D eigenvalue weighted by atomic mass is 16.1. The molecule has 1 fully saturated rings.